The predicted molar refractivity (Wildman–Crippen MR) is 87.1 cm³/mol. The van der Waals surface area contributed by atoms with Gasteiger partial charge in [-0.3, -0.25) is 10.1 Å². The maximum Gasteiger partial charge on any atom is 0.276 e. The molecule has 1 aromatic carbocycles. The average molecular weight is 315 g/mol. The lowest BCUT2D eigenvalue weighted by Crippen LogP contribution is -2.11. The van der Waals surface area contributed by atoms with E-state index in [1.54, 1.807) is 11.6 Å². The Morgan fingerprint density at radius 3 is 2.62 bits per heavy atom. The summed E-state index contributed by atoms with van der Waals surface area (Å²) in [5.74, 6) is -0.223. The minimum atomic E-state index is -0.223. The van der Waals surface area contributed by atoms with E-state index in [2.05, 4.69) is 15.3 Å². The molecule has 0 radical (unpaired) electrons. The Morgan fingerprint density at radius 2 is 1.95 bits per heavy atom. The highest BCUT2D eigenvalue weighted by Crippen LogP contribution is 2.25. The van der Waals surface area contributed by atoms with Gasteiger partial charge in [0.1, 0.15) is 10.7 Å². The first-order chi connectivity index (χ1) is 10.1. The number of nitrogens with one attached hydrogen (secondary N) is 1. The molecule has 0 aliphatic rings. The molecule has 0 spiro atoms. The predicted octanol–water partition coefficient (Wildman–Crippen LogP) is 4.14. The summed E-state index contributed by atoms with van der Waals surface area (Å²) in [5.41, 5.74) is 2.64. The monoisotopic (exact) mass is 315 g/mol. The molecule has 21 heavy (non-hydrogen) atoms. The van der Waals surface area contributed by atoms with Crippen molar-refractivity contribution in [3.8, 4) is 10.6 Å². The van der Waals surface area contributed by atoms with E-state index in [1.807, 2.05) is 38.1 Å². The number of benzene rings is 1. The molecule has 0 saturated carbocycles. The molecule has 0 unspecified atom stereocenters. The van der Waals surface area contributed by atoms with Gasteiger partial charge in [-0.15, -0.1) is 22.7 Å². The maximum atomic E-state index is 12.1. The zero-order chi connectivity index (χ0) is 14.8. The Kier molecular flexibility index (Phi) is 3.81. The fourth-order valence-corrected chi connectivity index (χ4v) is 3.25. The largest absolute Gasteiger partial charge is 0.296 e. The number of amides is 1. The summed E-state index contributed by atoms with van der Waals surface area (Å²) >= 11 is 2.91. The van der Waals surface area contributed by atoms with Gasteiger partial charge in [0.15, 0.2) is 5.13 Å². The highest BCUT2D eigenvalue weighted by atomic mass is 32.1. The van der Waals surface area contributed by atoms with Gasteiger partial charge in [0.05, 0.1) is 0 Å². The van der Waals surface area contributed by atoms with E-state index in [9.17, 15) is 4.79 Å². The third-order valence-corrected chi connectivity index (χ3v) is 4.60. The Bertz CT molecular complexity index is 774. The quantitative estimate of drug-likeness (QED) is 0.790. The molecule has 6 heteroatoms. The SMILES string of the molecule is Cc1ccc(-c2nc(C(=O)Nc3ncc(C)s3)cs2)cc1. The summed E-state index contributed by atoms with van der Waals surface area (Å²) in [6.07, 6.45) is 1.74. The summed E-state index contributed by atoms with van der Waals surface area (Å²) in [7, 11) is 0. The molecule has 1 N–H and O–H groups in total. The average Bonchev–Trinajstić information content (AvgIpc) is 3.09. The van der Waals surface area contributed by atoms with Crippen LogP contribution in [0.25, 0.3) is 10.6 Å². The van der Waals surface area contributed by atoms with Crippen LogP contribution in [0.2, 0.25) is 0 Å². The Balaban J connectivity index is 1.78. The molecule has 0 atom stereocenters. The Morgan fingerprint density at radius 1 is 1.19 bits per heavy atom. The summed E-state index contributed by atoms with van der Waals surface area (Å²) < 4.78 is 0. The molecular formula is C15H13N3OS2. The van der Waals surface area contributed by atoms with Gasteiger partial charge in [0.2, 0.25) is 0 Å². The molecular weight excluding hydrogens is 302 g/mol. The molecule has 3 aromatic rings. The van der Waals surface area contributed by atoms with E-state index in [0.717, 1.165) is 15.4 Å². The molecule has 2 aromatic heterocycles. The van der Waals surface area contributed by atoms with Gasteiger partial charge in [0.25, 0.3) is 5.91 Å². The highest BCUT2D eigenvalue weighted by molar-refractivity contribution is 7.15. The van der Waals surface area contributed by atoms with E-state index in [-0.39, 0.29) is 5.91 Å². The zero-order valence-electron chi connectivity index (χ0n) is 11.6. The van der Waals surface area contributed by atoms with Crippen molar-refractivity contribution >= 4 is 33.7 Å². The number of nitrogens with zero attached hydrogens (tertiary/aromatic N) is 2. The van der Waals surface area contributed by atoms with Crippen molar-refractivity contribution in [1.82, 2.24) is 9.97 Å². The number of anilines is 1. The molecule has 0 aliphatic heterocycles. The molecule has 2 heterocycles. The maximum absolute atomic E-state index is 12.1. The number of rotatable bonds is 3. The van der Waals surface area contributed by atoms with Gasteiger partial charge in [-0.25, -0.2) is 9.97 Å². The van der Waals surface area contributed by atoms with Crippen molar-refractivity contribution in [2.45, 2.75) is 13.8 Å². The van der Waals surface area contributed by atoms with Gasteiger partial charge in [-0.2, -0.15) is 0 Å². The zero-order valence-corrected chi connectivity index (χ0v) is 13.2. The van der Waals surface area contributed by atoms with Crippen LogP contribution in [0.5, 0.6) is 0 Å². The lowest BCUT2D eigenvalue weighted by molar-refractivity contribution is 0.102. The van der Waals surface area contributed by atoms with Crippen molar-refractivity contribution in [2.75, 3.05) is 5.32 Å². The number of carbonyl (C=O) groups excluding carboxylic acids is 1. The first-order valence-electron chi connectivity index (χ1n) is 6.38. The van der Waals surface area contributed by atoms with Gasteiger partial charge >= 0.3 is 0 Å². The van der Waals surface area contributed by atoms with E-state index in [1.165, 1.54) is 28.2 Å². The molecule has 3 rings (SSSR count). The fraction of sp³-hybridized carbons (Fsp3) is 0.133. The number of thiazole rings is 2. The first kappa shape index (κ1) is 13.9. The standard InChI is InChI=1S/C15H13N3OS2/c1-9-3-5-11(6-4-9)14-17-12(8-20-14)13(19)18-15-16-7-10(2)21-15/h3-8H,1-2H3,(H,16,18,19). The van der Waals surface area contributed by atoms with Crippen LogP contribution in [0.1, 0.15) is 20.9 Å². The van der Waals surface area contributed by atoms with Crippen LogP contribution in [0.15, 0.2) is 35.8 Å². The van der Waals surface area contributed by atoms with Crippen LogP contribution in [0.4, 0.5) is 5.13 Å². The van der Waals surface area contributed by atoms with Crippen LogP contribution in [-0.4, -0.2) is 15.9 Å². The van der Waals surface area contributed by atoms with Crippen LogP contribution in [0.3, 0.4) is 0 Å². The highest BCUT2D eigenvalue weighted by Gasteiger charge is 2.13. The molecule has 0 fully saturated rings. The van der Waals surface area contributed by atoms with E-state index in [0.29, 0.717) is 10.8 Å². The van der Waals surface area contributed by atoms with E-state index < -0.39 is 0 Å². The van der Waals surface area contributed by atoms with Crippen LogP contribution >= 0.6 is 22.7 Å². The van der Waals surface area contributed by atoms with Crippen molar-refractivity contribution in [3.05, 3.63) is 52.0 Å². The number of hydrogen-bond acceptors (Lipinski definition) is 5. The molecule has 106 valence electrons. The van der Waals surface area contributed by atoms with E-state index in [4.69, 9.17) is 0 Å². The number of carbonyl (C=O) groups is 1. The minimum Gasteiger partial charge on any atom is -0.296 e. The second-order valence-corrected chi connectivity index (χ2v) is 6.73. The normalized spacial score (nSPS) is 10.6. The van der Waals surface area contributed by atoms with Crippen LogP contribution in [-0.2, 0) is 0 Å². The summed E-state index contributed by atoms with van der Waals surface area (Å²) in [6.45, 7) is 3.99. The van der Waals surface area contributed by atoms with Crippen LogP contribution < -0.4 is 5.32 Å². The molecule has 4 nitrogen and oxygen atoms in total. The number of aromatic nitrogens is 2. The number of hydrogen-bond donors (Lipinski definition) is 1. The molecule has 0 saturated heterocycles. The van der Waals surface area contributed by atoms with Crippen molar-refractivity contribution < 1.29 is 4.79 Å². The molecule has 1 amide bonds. The van der Waals surface area contributed by atoms with Crippen molar-refractivity contribution in [1.29, 1.82) is 0 Å². The lowest BCUT2D eigenvalue weighted by Gasteiger charge is -1.98. The van der Waals surface area contributed by atoms with Crippen molar-refractivity contribution in [3.63, 3.8) is 0 Å². The van der Waals surface area contributed by atoms with Gasteiger partial charge in [-0.1, -0.05) is 29.8 Å². The first-order valence-corrected chi connectivity index (χ1v) is 8.08. The second kappa shape index (κ2) is 5.75. The van der Waals surface area contributed by atoms with Gasteiger partial charge < -0.3 is 0 Å². The van der Waals surface area contributed by atoms with Crippen molar-refractivity contribution in [2.24, 2.45) is 0 Å². The lowest BCUT2D eigenvalue weighted by atomic mass is 10.2. The second-order valence-electron chi connectivity index (χ2n) is 4.63. The topological polar surface area (TPSA) is 54.9 Å². The third-order valence-electron chi connectivity index (χ3n) is 2.88. The minimum absolute atomic E-state index is 0.223. The third kappa shape index (κ3) is 3.17. The van der Waals surface area contributed by atoms with E-state index >= 15 is 0 Å². The summed E-state index contributed by atoms with van der Waals surface area (Å²) in [6, 6.07) is 8.10. The Labute approximate surface area is 130 Å². The van der Waals surface area contributed by atoms with Gasteiger partial charge in [0, 0.05) is 22.0 Å². The molecule has 0 aliphatic carbocycles. The van der Waals surface area contributed by atoms with Gasteiger partial charge in [-0.05, 0) is 13.8 Å². The Hall–Kier alpha value is -2.05. The smallest absolute Gasteiger partial charge is 0.276 e. The fourth-order valence-electron chi connectivity index (χ4n) is 1.78. The van der Waals surface area contributed by atoms with Crippen LogP contribution in [0, 0.1) is 13.8 Å². The summed E-state index contributed by atoms with van der Waals surface area (Å²) in [5, 5.41) is 5.98. The molecule has 0 bridgehead atoms. The summed E-state index contributed by atoms with van der Waals surface area (Å²) in [4.78, 5) is 21.7. The number of aryl methyl sites for hydroxylation is 2.